The molecule has 0 aliphatic carbocycles. The third-order valence-corrected chi connectivity index (χ3v) is 2.53. The van der Waals surface area contributed by atoms with Gasteiger partial charge in [-0.1, -0.05) is 13.0 Å². The summed E-state index contributed by atoms with van der Waals surface area (Å²) in [6, 6.07) is 4.08. The third-order valence-electron chi connectivity index (χ3n) is 2.53. The van der Waals surface area contributed by atoms with Crippen LogP contribution in [0.5, 0.6) is 0 Å². The number of hydrogen-bond donors (Lipinski definition) is 1. The first-order valence-corrected chi connectivity index (χ1v) is 4.93. The number of aromatic nitrogens is 2. The molecule has 0 aromatic carbocycles. The van der Waals surface area contributed by atoms with Gasteiger partial charge in [0.1, 0.15) is 5.82 Å². The topological polar surface area (TPSA) is 43.3 Å². The van der Waals surface area contributed by atoms with Crippen molar-refractivity contribution in [3.05, 3.63) is 35.4 Å². The van der Waals surface area contributed by atoms with E-state index in [0.717, 1.165) is 23.5 Å². The molecule has 0 atom stereocenters. The van der Waals surface area contributed by atoms with Gasteiger partial charge in [0.25, 0.3) is 0 Å². The Bertz CT molecular complexity index is 457. The third kappa shape index (κ3) is 1.21. The van der Waals surface area contributed by atoms with Crippen LogP contribution in [0.15, 0.2) is 18.3 Å². The van der Waals surface area contributed by atoms with Gasteiger partial charge >= 0.3 is 0 Å². The van der Waals surface area contributed by atoms with Gasteiger partial charge in [0.2, 0.25) is 0 Å². The van der Waals surface area contributed by atoms with Crippen molar-refractivity contribution in [2.75, 3.05) is 0 Å². The number of fused-ring (bicyclic) bond motifs is 1. The summed E-state index contributed by atoms with van der Waals surface area (Å²) in [5, 5.41) is 0. The Hall–Kier alpha value is -1.35. The van der Waals surface area contributed by atoms with Crippen molar-refractivity contribution in [2.24, 2.45) is 5.73 Å². The molecule has 0 unspecified atom stereocenters. The molecule has 74 valence electrons. The zero-order valence-electron chi connectivity index (χ0n) is 8.62. The smallest absolute Gasteiger partial charge is 0.113 e. The molecule has 2 rings (SSSR count). The molecular formula is C11H15N3. The molecule has 0 bridgehead atoms. The lowest BCUT2D eigenvalue weighted by Gasteiger charge is -2.02. The van der Waals surface area contributed by atoms with E-state index < -0.39 is 0 Å². The number of aryl methyl sites for hydroxylation is 2. The van der Waals surface area contributed by atoms with Crippen LogP contribution in [0, 0.1) is 6.92 Å². The van der Waals surface area contributed by atoms with Gasteiger partial charge in [-0.25, -0.2) is 4.98 Å². The first-order chi connectivity index (χ1) is 6.77. The lowest BCUT2D eigenvalue weighted by Crippen LogP contribution is -2.00. The lowest BCUT2D eigenvalue weighted by molar-refractivity contribution is 0.923. The molecule has 0 amide bonds. The lowest BCUT2D eigenvalue weighted by atomic mass is 10.2. The van der Waals surface area contributed by atoms with Crippen LogP contribution < -0.4 is 5.73 Å². The predicted octanol–water partition coefficient (Wildman–Crippen LogP) is 1.66. The Morgan fingerprint density at radius 3 is 2.93 bits per heavy atom. The van der Waals surface area contributed by atoms with E-state index in [2.05, 4.69) is 22.4 Å². The summed E-state index contributed by atoms with van der Waals surface area (Å²) in [4.78, 5) is 4.52. The Labute approximate surface area is 83.6 Å². The van der Waals surface area contributed by atoms with E-state index >= 15 is 0 Å². The molecule has 0 spiro atoms. The van der Waals surface area contributed by atoms with Gasteiger partial charge in [0, 0.05) is 19.2 Å². The van der Waals surface area contributed by atoms with E-state index in [-0.39, 0.29) is 0 Å². The second-order valence-corrected chi connectivity index (χ2v) is 3.42. The van der Waals surface area contributed by atoms with Gasteiger partial charge in [0.05, 0.1) is 11.2 Å². The van der Waals surface area contributed by atoms with Crippen molar-refractivity contribution in [3.8, 4) is 0 Å². The Balaban J connectivity index is 2.81. The van der Waals surface area contributed by atoms with Gasteiger partial charge in [-0.2, -0.15) is 0 Å². The highest BCUT2D eigenvalue weighted by molar-refractivity contribution is 5.59. The summed E-state index contributed by atoms with van der Waals surface area (Å²) >= 11 is 0. The minimum absolute atomic E-state index is 0.569. The summed E-state index contributed by atoms with van der Waals surface area (Å²) in [5.74, 6) is 1.10. The fourth-order valence-corrected chi connectivity index (χ4v) is 1.89. The Morgan fingerprint density at radius 1 is 1.50 bits per heavy atom. The van der Waals surface area contributed by atoms with E-state index in [4.69, 9.17) is 5.73 Å². The first-order valence-electron chi connectivity index (χ1n) is 4.93. The predicted molar refractivity (Wildman–Crippen MR) is 57.2 cm³/mol. The SMILES string of the molecule is CCc1nc(C)c2c(CN)cccn12. The van der Waals surface area contributed by atoms with Crippen LogP contribution in [0.1, 0.15) is 24.0 Å². The molecule has 3 heteroatoms. The maximum absolute atomic E-state index is 5.69. The normalized spacial score (nSPS) is 11.1. The average Bonchev–Trinajstić information content (AvgIpc) is 2.55. The zero-order valence-corrected chi connectivity index (χ0v) is 8.62. The summed E-state index contributed by atoms with van der Waals surface area (Å²) < 4.78 is 2.14. The number of imidazole rings is 1. The monoisotopic (exact) mass is 189 g/mol. The molecule has 0 saturated heterocycles. The molecule has 14 heavy (non-hydrogen) atoms. The van der Waals surface area contributed by atoms with Crippen LogP contribution in [0.4, 0.5) is 0 Å². The van der Waals surface area contributed by atoms with Gasteiger partial charge in [-0.05, 0) is 18.6 Å². The highest BCUT2D eigenvalue weighted by atomic mass is 15.0. The number of rotatable bonds is 2. The second kappa shape index (κ2) is 3.42. The maximum atomic E-state index is 5.69. The van der Waals surface area contributed by atoms with Crippen molar-refractivity contribution in [3.63, 3.8) is 0 Å². The molecule has 0 radical (unpaired) electrons. The molecule has 3 nitrogen and oxygen atoms in total. The second-order valence-electron chi connectivity index (χ2n) is 3.42. The molecule has 0 aliphatic heterocycles. The number of nitrogens with two attached hydrogens (primary N) is 1. The molecule has 2 heterocycles. The average molecular weight is 189 g/mol. The van der Waals surface area contributed by atoms with Crippen molar-refractivity contribution in [1.29, 1.82) is 0 Å². The molecule has 2 aromatic heterocycles. The van der Waals surface area contributed by atoms with E-state index in [9.17, 15) is 0 Å². The van der Waals surface area contributed by atoms with Crippen LogP contribution in [0.2, 0.25) is 0 Å². The maximum Gasteiger partial charge on any atom is 0.113 e. The fourth-order valence-electron chi connectivity index (χ4n) is 1.89. The van der Waals surface area contributed by atoms with Crippen LogP contribution in [-0.4, -0.2) is 9.38 Å². The number of pyridine rings is 1. The Kier molecular flexibility index (Phi) is 2.25. The van der Waals surface area contributed by atoms with Gasteiger partial charge < -0.3 is 10.1 Å². The molecule has 0 aliphatic rings. The molecule has 0 fully saturated rings. The van der Waals surface area contributed by atoms with Crippen LogP contribution in [-0.2, 0) is 13.0 Å². The minimum Gasteiger partial charge on any atom is -0.326 e. The summed E-state index contributed by atoms with van der Waals surface area (Å²) in [6.07, 6.45) is 3.00. The Morgan fingerprint density at radius 2 is 2.29 bits per heavy atom. The molecule has 0 saturated carbocycles. The van der Waals surface area contributed by atoms with Gasteiger partial charge in [0.15, 0.2) is 0 Å². The van der Waals surface area contributed by atoms with Gasteiger partial charge in [-0.3, -0.25) is 0 Å². The van der Waals surface area contributed by atoms with E-state index in [1.54, 1.807) is 0 Å². The minimum atomic E-state index is 0.569. The van der Waals surface area contributed by atoms with Crippen LogP contribution >= 0.6 is 0 Å². The number of nitrogens with zero attached hydrogens (tertiary/aromatic N) is 2. The molecular weight excluding hydrogens is 174 g/mol. The van der Waals surface area contributed by atoms with Crippen molar-refractivity contribution in [1.82, 2.24) is 9.38 Å². The standard InChI is InChI=1S/C11H15N3/c1-3-10-13-8(2)11-9(7-12)5-4-6-14(10)11/h4-6H,3,7,12H2,1-2H3. The van der Waals surface area contributed by atoms with Crippen LogP contribution in [0.3, 0.4) is 0 Å². The van der Waals surface area contributed by atoms with Gasteiger partial charge in [-0.15, -0.1) is 0 Å². The van der Waals surface area contributed by atoms with Crippen LogP contribution in [0.25, 0.3) is 5.52 Å². The summed E-state index contributed by atoms with van der Waals surface area (Å²) in [5.41, 5.74) is 9.10. The molecule has 2 N–H and O–H groups in total. The zero-order chi connectivity index (χ0) is 10.1. The highest BCUT2D eigenvalue weighted by Gasteiger charge is 2.08. The highest BCUT2D eigenvalue weighted by Crippen LogP contribution is 2.17. The van der Waals surface area contributed by atoms with Crippen molar-refractivity contribution < 1.29 is 0 Å². The quantitative estimate of drug-likeness (QED) is 0.780. The fraction of sp³-hybridized carbons (Fsp3) is 0.364. The summed E-state index contributed by atoms with van der Waals surface area (Å²) in [6.45, 7) is 4.72. The summed E-state index contributed by atoms with van der Waals surface area (Å²) in [7, 11) is 0. The molecule has 2 aromatic rings. The van der Waals surface area contributed by atoms with E-state index in [0.29, 0.717) is 6.54 Å². The van der Waals surface area contributed by atoms with E-state index in [1.807, 2.05) is 19.2 Å². The van der Waals surface area contributed by atoms with Crippen molar-refractivity contribution in [2.45, 2.75) is 26.8 Å². The largest absolute Gasteiger partial charge is 0.326 e. The first kappa shape index (κ1) is 9.21. The van der Waals surface area contributed by atoms with E-state index in [1.165, 1.54) is 5.52 Å². The number of hydrogen-bond acceptors (Lipinski definition) is 2. The van der Waals surface area contributed by atoms with Crippen molar-refractivity contribution >= 4 is 5.52 Å².